The topological polar surface area (TPSA) is 96.2 Å². The molecule has 2 rings (SSSR count). The second kappa shape index (κ2) is 8.31. The number of nitrogens with one attached hydrogen (secondary N) is 3. The minimum absolute atomic E-state index is 0.0528. The molecule has 8 heteroatoms. The molecule has 0 unspecified atom stereocenters. The van der Waals surface area contributed by atoms with Crippen LogP contribution in [-0.2, 0) is 18.4 Å². The number of aryl methyl sites for hydroxylation is 1. The summed E-state index contributed by atoms with van der Waals surface area (Å²) in [5.74, 6) is 2.25. The number of nitrogens with zero attached hydrogens (tertiary/aromatic N) is 4. The van der Waals surface area contributed by atoms with E-state index in [1.165, 1.54) is 12.8 Å². The Morgan fingerprint density at radius 3 is 2.52 bits per heavy atom. The fraction of sp³-hybridized carbons (Fsp3) is 0.765. The van der Waals surface area contributed by atoms with Crippen molar-refractivity contribution in [2.45, 2.75) is 71.5 Å². The summed E-state index contributed by atoms with van der Waals surface area (Å²) in [6.07, 6.45) is 4.74. The molecule has 1 saturated carbocycles. The van der Waals surface area contributed by atoms with Crippen molar-refractivity contribution < 1.29 is 4.79 Å². The Morgan fingerprint density at radius 1 is 1.28 bits per heavy atom. The third-order valence-corrected chi connectivity index (χ3v) is 4.19. The highest BCUT2D eigenvalue weighted by atomic mass is 16.2. The lowest BCUT2D eigenvalue weighted by molar-refractivity contribution is -0.121. The van der Waals surface area contributed by atoms with Gasteiger partial charge in [-0.1, -0.05) is 12.8 Å². The molecule has 0 saturated heterocycles. The summed E-state index contributed by atoms with van der Waals surface area (Å²) < 4.78 is 1.92. The first kappa shape index (κ1) is 19.2. The first-order valence-electron chi connectivity index (χ1n) is 8.95. The number of amides is 1. The number of aromatic nitrogens is 3. The summed E-state index contributed by atoms with van der Waals surface area (Å²) in [7, 11) is 1.93. The van der Waals surface area contributed by atoms with Gasteiger partial charge >= 0.3 is 0 Å². The summed E-state index contributed by atoms with van der Waals surface area (Å²) in [5, 5.41) is 17.7. The molecule has 3 N–H and O–H groups in total. The predicted octanol–water partition coefficient (Wildman–Crippen LogP) is 1.02. The maximum Gasteiger partial charge on any atom is 0.239 e. The molecule has 1 aromatic rings. The number of rotatable bonds is 5. The Morgan fingerprint density at radius 2 is 1.96 bits per heavy atom. The van der Waals surface area contributed by atoms with Crippen LogP contribution in [0.2, 0.25) is 0 Å². The summed E-state index contributed by atoms with van der Waals surface area (Å²) in [5.41, 5.74) is -0.245. The SMILES string of the molecule is Cc1nnc(CN=C(NCC(=O)NC(C)(C)C)NC2CCCC2)n1C. The Bertz CT molecular complexity index is 609. The Balaban J connectivity index is 1.97. The number of carbonyl (C=O) groups excluding carboxylic acids is 1. The van der Waals surface area contributed by atoms with Gasteiger partial charge in [-0.15, -0.1) is 10.2 Å². The molecule has 0 bridgehead atoms. The van der Waals surface area contributed by atoms with Crippen LogP contribution in [0.1, 0.15) is 58.1 Å². The molecular formula is C17H31N7O. The van der Waals surface area contributed by atoms with Gasteiger partial charge in [0.05, 0.1) is 6.54 Å². The van der Waals surface area contributed by atoms with E-state index in [-0.39, 0.29) is 18.0 Å². The monoisotopic (exact) mass is 349 g/mol. The zero-order chi connectivity index (χ0) is 18.4. The van der Waals surface area contributed by atoms with Crippen molar-refractivity contribution in [3.05, 3.63) is 11.6 Å². The van der Waals surface area contributed by atoms with Gasteiger partial charge in [0, 0.05) is 18.6 Å². The van der Waals surface area contributed by atoms with Gasteiger partial charge < -0.3 is 20.5 Å². The molecule has 0 atom stereocenters. The van der Waals surface area contributed by atoms with Gasteiger partial charge in [-0.05, 0) is 40.5 Å². The van der Waals surface area contributed by atoms with Gasteiger partial charge in [-0.25, -0.2) is 4.99 Å². The van der Waals surface area contributed by atoms with Crippen LogP contribution in [0.5, 0.6) is 0 Å². The molecular weight excluding hydrogens is 318 g/mol. The predicted molar refractivity (Wildman–Crippen MR) is 98.2 cm³/mol. The lowest BCUT2D eigenvalue weighted by Crippen LogP contribution is -2.49. The van der Waals surface area contributed by atoms with E-state index in [1.807, 2.05) is 39.3 Å². The van der Waals surface area contributed by atoms with E-state index in [0.717, 1.165) is 24.5 Å². The van der Waals surface area contributed by atoms with Crippen molar-refractivity contribution in [2.75, 3.05) is 6.54 Å². The Labute approximate surface area is 149 Å². The molecule has 1 aliphatic rings. The molecule has 25 heavy (non-hydrogen) atoms. The van der Waals surface area contributed by atoms with Crippen LogP contribution in [0.4, 0.5) is 0 Å². The molecule has 140 valence electrons. The number of hydrogen-bond donors (Lipinski definition) is 3. The van der Waals surface area contributed by atoms with Crippen LogP contribution in [0.15, 0.2) is 4.99 Å². The summed E-state index contributed by atoms with van der Waals surface area (Å²) in [6.45, 7) is 8.41. The van der Waals surface area contributed by atoms with Gasteiger partial charge in [-0.2, -0.15) is 0 Å². The third kappa shape index (κ3) is 6.36. The second-order valence-corrected chi connectivity index (χ2v) is 7.66. The van der Waals surface area contributed by atoms with E-state index in [0.29, 0.717) is 18.5 Å². The van der Waals surface area contributed by atoms with Gasteiger partial charge in [0.15, 0.2) is 11.8 Å². The van der Waals surface area contributed by atoms with E-state index in [4.69, 9.17) is 0 Å². The van der Waals surface area contributed by atoms with E-state index >= 15 is 0 Å². The molecule has 0 spiro atoms. The fourth-order valence-corrected chi connectivity index (χ4v) is 2.78. The number of guanidine groups is 1. The van der Waals surface area contributed by atoms with Crippen molar-refractivity contribution >= 4 is 11.9 Å². The molecule has 1 fully saturated rings. The highest BCUT2D eigenvalue weighted by Gasteiger charge is 2.18. The van der Waals surface area contributed by atoms with E-state index in [1.54, 1.807) is 0 Å². The summed E-state index contributed by atoms with van der Waals surface area (Å²) in [6, 6.07) is 0.415. The minimum atomic E-state index is -0.245. The van der Waals surface area contributed by atoms with E-state index in [2.05, 4.69) is 31.1 Å². The lowest BCUT2D eigenvalue weighted by atomic mass is 10.1. The number of carbonyl (C=O) groups is 1. The molecule has 1 heterocycles. The minimum Gasteiger partial charge on any atom is -0.354 e. The molecule has 1 amide bonds. The standard InChI is InChI=1S/C17H31N7O/c1-12-22-23-14(24(12)5)10-18-16(20-13-8-6-7-9-13)19-11-15(25)21-17(2,3)4/h13H,6-11H2,1-5H3,(H,21,25)(H2,18,19,20). The molecule has 8 nitrogen and oxygen atoms in total. The van der Waals surface area contributed by atoms with Gasteiger partial charge in [-0.3, -0.25) is 4.79 Å². The van der Waals surface area contributed by atoms with Crippen LogP contribution >= 0.6 is 0 Å². The molecule has 0 aliphatic heterocycles. The summed E-state index contributed by atoms with van der Waals surface area (Å²) in [4.78, 5) is 16.6. The van der Waals surface area contributed by atoms with Gasteiger partial charge in [0.2, 0.25) is 5.91 Å². The number of aliphatic imine (C=N–C) groups is 1. The van der Waals surface area contributed by atoms with Crippen LogP contribution in [0, 0.1) is 6.92 Å². The summed E-state index contributed by atoms with van der Waals surface area (Å²) >= 11 is 0. The molecule has 0 radical (unpaired) electrons. The zero-order valence-corrected chi connectivity index (χ0v) is 16.0. The second-order valence-electron chi connectivity index (χ2n) is 7.66. The van der Waals surface area contributed by atoms with Crippen molar-refractivity contribution in [1.29, 1.82) is 0 Å². The first-order valence-corrected chi connectivity index (χ1v) is 8.95. The molecule has 1 aliphatic carbocycles. The lowest BCUT2D eigenvalue weighted by Gasteiger charge is -2.22. The molecule has 1 aromatic heterocycles. The van der Waals surface area contributed by atoms with Crippen LogP contribution < -0.4 is 16.0 Å². The van der Waals surface area contributed by atoms with Crippen molar-refractivity contribution in [3.63, 3.8) is 0 Å². The average Bonchev–Trinajstić information content (AvgIpc) is 3.12. The van der Waals surface area contributed by atoms with Gasteiger partial charge in [0.1, 0.15) is 12.4 Å². The fourth-order valence-electron chi connectivity index (χ4n) is 2.78. The third-order valence-electron chi connectivity index (χ3n) is 4.19. The van der Waals surface area contributed by atoms with E-state index < -0.39 is 0 Å². The Hall–Kier alpha value is -2.12. The smallest absolute Gasteiger partial charge is 0.239 e. The van der Waals surface area contributed by atoms with Crippen LogP contribution in [0.25, 0.3) is 0 Å². The quantitative estimate of drug-likeness (QED) is 0.545. The maximum atomic E-state index is 12.0. The zero-order valence-electron chi connectivity index (χ0n) is 16.0. The van der Waals surface area contributed by atoms with Crippen molar-refractivity contribution in [2.24, 2.45) is 12.0 Å². The highest BCUT2D eigenvalue weighted by Crippen LogP contribution is 2.17. The van der Waals surface area contributed by atoms with Crippen LogP contribution in [-0.4, -0.2) is 44.8 Å². The Kier molecular flexibility index (Phi) is 6.39. The van der Waals surface area contributed by atoms with Crippen molar-refractivity contribution in [1.82, 2.24) is 30.7 Å². The average molecular weight is 349 g/mol. The number of hydrogen-bond acceptors (Lipinski definition) is 4. The first-order chi connectivity index (χ1) is 11.7. The maximum absolute atomic E-state index is 12.0. The molecule has 0 aromatic carbocycles. The largest absolute Gasteiger partial charge is 0.354 e. The van der Waals surface area contributed by atoms with E-state index in [9.17, 15) is 4.79 Å². The van der Waals surface area contributed by atoms with Crippen molar-refractivity contribution in [3.8, 4) is 0 Å². The van der Waals surface area contributed by atoms with Crippen LogP contribution in [0.3, 0.4) is 0 Å². The normalized spacial score (nSPS) is 16.1. The van der Waals surface area contributed by atoms with Gasteiger partial charge in [0.25, 0.3) is 0 Å². The highest BCUT2D eigenvalue weighted by molar-refractivity contribution is 5.86.